The van der Waals surface area contributed by atoms with E-state index < -0.39 is 5.97 Å². The van der Waals surface area contributed by atoms with E-state index in [1.807, 2.05) is 36.4 Å². The molecule has 104 valence electrons. The van der Waals surface area contributed by atoms with Gasteiger partial charge in [-0.2, -0.15) is 0 Å². The molecule has 1 heterocycles. The smallest absolute Gasteiger partial charge is 0.337 e. The fourth-order valence-corrected chi connectivity index (χ4v) is 2.32. The minimum atomic E-state index is -0.936. The molecule has 0 amide bonds. The maximum absolute atomic E-state index is 11.2. The van der Waals surface area contributed by atoms with Crippen LogP contribution in [-0.2, 0) is 6.54 Å². The van der Waals surface area contributed by atoms with Gasteiger partial charge in [0.1, 0.15) is 0 Å². The van der Waals surface area contributed by atoms with Crippen LogP contribution < -0.4 is 5.32 Å². The normalized spacial score (nSPS) is 10.5. The number of carboxylic acids is 1. The van der Waals surface area contributed by atoms with Crippen molar-refractivity contribution in [2.75, 3.05) is 5.32 Å². The first kappa shape index (κ1) is 13.1. The summed E-state index contributed by atoms with van der Waals surface area (Å²) in [7, 11) is 0. The van der Waals surface area contributed by atoms with Crippen LogP contribution in [0.5, 0.6) is 0 Å². The van der Waals surface area contributed by atoms with Crippen LogP contribution in [0.4, 0.5) is 5.69 Å². The SMILES string of the molecule is O=C(O)c1ccccc1NCc1cccc2cccnc12. The van der Waals surface area contributed by atoms with Crippen LogP contribution in [0.3, 0.4) is 0 Å². The Hall–Kier alpha value is -2.88. The van der Waals surface area contributed by atoms with Gasteiger partial charge in [-0.15, -0.1) is 0 Å². The number of hydrogen-bond acceptors (Lipinski definition) is 3. The molecule has 0 unspecified atom stereocenters. The number of carbonyl (C=O) groups is 1. The highest BCUT2D eigenvalue weighted by molar-refractivity contribution is 5.94. The van der Waals surface area contributed by atoms with Gasteiger partial charge < -0.3 is 10.4 Å². The van der Waals surface area contributed by atoms with Crippen molar-refractivity contribution in [3.63, 3.8) is 0 Å². The fourth-order valence-electron chi connectivity index (χ4n) is 2.32. The lowest BCUT2D eigenvalue weighted by Gasteiger charge is -2.10. The minimum Gasteiger partial charge on any atom is -0.478 e. The van der Waals surface area contributed by atoms with Crippen LogP contribution >= 0.6 is 0 Å². The highest BCUT2D eigenvalue weighted by atomic mass is 16.4. The number of nitrogens with one attached hydrogen (secondary N) is 1. The zero-order valence-corrected chi connectivity index (χ0v) is 11.3. The third-order valence-corrected chi connectivity index (χ3v) is 3.34. The number of benzene rings is 2. The van der Waals surface area contributed by atoms with Crippen LogP contribution in [0.1, 0.15) is 15.9 Å². The summed E-state index contributed by atoms with van der Waals surface area (Å²) in [5, 5.41) is 13.4. The third kappa shape index (κ3) is 2.69. The van der Waals surface area contributed by atoms with Gasteiger partial charge in [0, 0.05) is 23.8 Å². The van der Waals surface area contributed by atoms with Gasteiger partial charge in [-0.05, 0) is 23.8 Å². The highest BCUT2D eigenvalue weighted by Gasteiger charge is 2.09. The maximum Gasteiger partial charge on any atom is 0.337 e. The topological polar surface area (TPSA) is 62.2 Å². The lowest BCUT2D eigenvalue weighted by molar-refractivity contribution is 0.0698. The Morgan fingerprint density at radius 1 is 1.05 bits per heavy atom. The molecule has 0 bridgehead atoms. The Balaban J connectivity index is 1.89. The Bertz CT molecular complexity index is 794. The first-order chi connectivity index (χ1) is 10.3. The Labute approximate surface area is 122 Å². The predicted molar refractivity (Wildman–Crippen MR) is 82.5 cm³/mol. The van der Waals surface area contributed by atoms with Gasteiger partial charge in [0.15, 0.2) is 0 Å². The summed E-state index contributed by atoms with van der Waals surface area (Å²) in [4.78, 5) is 15.6. The molecule has 0 spiro atoms. The minimum absolute atomic E-state index is 0.269. The molecule has 3 aromatic rings. The van der Waals surface area contributed by atoms with Gasteiger partial charge in [-0.3, -0.25) is 4.98 Å². The molecular formula is C17H14N2O2. The molecule has 2 aromatic carbocycles. The predicted octanol–water partition coefficient (Wildman–Crippen LogP) is 3.55. The largest absolute Gasteiger partial charge is 0.478 e. The molecule has 0 saturated heterocycles. The Kier molecular flexibility index (Phi) is 3.51. The number of fused-ring (bicyclic) bond motifs is 1. The van der Waals surface area contributed by atoms with Crippen LogP contribution in [0.2, 0.25) is 0 Å². The molecule has 0 aliphatic carbocycles. The van der Waals surface area contributed by atoms with Gasteiger partial charge in [0.05, 0.1) is 11.1 Å². The van der Waals surface area contributed by atoms with Crippen molar-refractivity contribution in [1.82, 2.24) is 4.98 Å². The van der Waals surface area contributed by atoms with E-state index in [1.54, 1.807) is 24.4 Å². The van der Waals surface area contributed by atoms with Crippen molar-refractivity contribution < 1.29 is 9.90 Å². The molecule has 0 saturated carbocycles. The summed E-state index contributed by atoms with van der Waals surface area (Å²) in [5.74, 6) is -0.936. The summed E-state index contributed by atoms with van der Waals surface area (Å²) in [6.45, 7) is 0.526. The van der Waals surface area contributed by atoms with Crippen molar-refractivity contribution in [3.8, 4) is 0 Å². The number of aromatic carboxylic acids is 1. The second-order valence-corrected chi connectivity index (χ2v) is 4.70. The Morgan fingerprint density at radius 3 is 2.71 bits per heavy atom. The second kappa shape index (κ2) is 5.63. The summed E-state index contributed by atoms with van der Waals surface area (Å²) in [6, 6.07) is 16.8. The zero-order chi connectivity index (χ0) is 14.7. The van der Waals surface area contributed by atoms with E-state index in [1.165, 1.54) is 0 Å². The van der Waals surface area contributed by atoms with Crippen LogP contribution in [0.25, 0.3) is 10.9 Å². The lowest BCUT2D eigenvalue weighted by Crippen LogP contribution is -2.06. The van der Waals surface area contributed by atoms with Crippen molar-refractivity contribution in [1.29, 1.82) is 0 Å². The molecule has 2 N–H and O–H groups in total. The van der Waals surface area contributed by atoms with Crippen molar-refractivity contribution in [2.45, 2.75) is 6.54 Å². The molecule has 21 heavy (non-hydrogen) atoms. The van der Waals surface area contributed by atoms with Gasteiger partial charge >= 0.3 is 5.97 Å². The Morgan fingerprint density at radius 2 is 1.86 bits per heavy atom. The number of hydrogen-bond donors (Lipinski definition) is 2. The van der Waals surface area contributed by atoms with E-state index in [4.69, 9.17) is 0 Å². The number of carboxylic acid groups (broad SMARTS) is 1. The average Bonchev–Trinajstić information content (AvgIpc) is 2.53. The quantitative estimate of drug-likeness (QED) is 0.766. The van der Waals surface area contributed by atoms with Gasteiger partial charge in [-0.1, -0.05) is 36.4 Å². The lowest BCUT2D eigenvalue weighted by atomic mass is 10.1. The van der Waals surface area contributed by atoms with Gasteiger partial charge in [0.25, 0.3) is 0 Å². The summed E-state index contributed by atoms with van der Waals surface area (Å²) >= 11 is 0. The van der Waals surface area contributed by atoms with Gasteiger partial charge in [-0.25, -0.2) is 4.79 Å². The van der Waals surface area contributed by atoms with E-state index in [0.717, 1.165) is 16.5 Å². The first-order valence-electron chi connectivity index (χ1n) is 6.64. The van der Waals surface area contributed by atoms with Crippen molar-refractivity contribution >= 4 is 22.6 Å². The average molecular weight is 278 g/mol. The molecular weight excluding hydrogens is 264 g/mol. The summed E-state index contributed by atoms with van der Waals surface area (Å²) in [6.07, 6.45) is 1.76. The number of nitrogens with zero attached hydrogens (tertiary/aromatic N) is 1. The molecule has 0 aliphatic rings. The number of aromatic nitrogens is 1. The van der Waals surface area contributed by atoms with Crippen LogP contribution in [0, 0.1) is 0 Å². The molecule has 0 radical (unpaired) electrons. The van der Waals surface area contributed by atoms with Crippen molar-refractivity contribution in [3.05, 3.63) is 71.9 Å². The number of rotatable bonds is 4. The molecule has 0 fully saturated rings. The molecule has 0 atom stereocenters. The maximum atomic E-state index is 11.2. The van der Waals surface area contributed by atoms with Gasteiger partial charge in [0.2, 0.25) is 0 Å². The van der Waals surface area contributed by atoms with E-state index >= 15 is 0 Å². The van der Waals surface area contributed by atoms with E-state index in [-0.39, 0.29) is 5.56 Å². The molecule has 3 rings (SSSR count). The summed E-state index contributed by atoms with van der Waals surface area (Å²) < 4.78 is 0. The summed E-state index contributed by atoms with van der Waals surface area (Å²) in [5.41, 5.74) is 2.84. The first-order valence-corrected chi connectivity index (χ1v) is 6.64. The van der Waals surface area contributed by atoms with E-state index in [2.05, 4.69) is 10.3 Å². The molecule has 0 aliphatic heterocycles. The molecule has 1 aromatic heterocycles. The number of pyridine rings is 1. The highest BCUT2D eigenvalue weighted by Crippen LogP contribution is 2.19. The number of anilines is 1. The number of para-hydroxylation sites is 2. The second-order valence-electron chi connectivity index (χ2n) is 4.70. The van der Waals surface area contributed by atoms with Crippen LogP contribution in [-0.4, -0.2) is 16.1 Å². The van der Waals surface area contributed by atoms with E-state index in [9.17, 15) is 9.90 Å². The third-order valence-electron chi connectivity index (χ3n) is 3.34. The fraction of sp³-hybridized carbons (Fsp3) is 0.0588. The van der Waals surface area contributed by atoms with Crippen molar-refractivity contribution in [2.24, 2.45) is 0 Å². The zero-order valence-electron chi connectivity index (χ0n) is 11.3. The monoisotopic (exact) mass is 278 g/mol. The van der Waals surface area contributed by atoms with E-state index in [0.29, 0.717) is 12.2 Å². The van der Waals surface area contributed by atoms with Crippen LogP contribution in [0.15, 0.2) is 60.8 Å². The molecule has 4 heteroatoms. The standard InChI is InChI=1S/C17H14N2O2/c20-17(21)14-8-1-2-9-15(14)19-11-13-6-3-5-12-7-4-10-18-16(12)13/h1-10,19H,11H2,(H,20,21). The molecule has 4 nitrogen and oxygen atoms in total.